The molecule has 0 amide bonds. The molecule has 1 aromatic heterocycles. The number of nitrogens with two attached hydrogens (primary N) is 1. The van der Waals surface area contributed by atoms with Crippen LogP contribution in [0.25, 0.3) is 10.8 Å². The third-order valence-electron chi connectivity index (χ3n) is 3.62. The van der Waals surface area contributed by atoms with Crippen molar-refractivity contribution in [2.75, 3.05) is 4.72 Å². The monoisotopic (exact) mass is 380 g/mol. The zero-order chi connectivity index (χ0) is 17.3. The molecule has 0 aliphatic carbocycles. The number of nitrogens with one attached hydrogen (secondary N) is 1. The summed E-state index contributed by atoms with van der Waals surface area (Å²) in [6.45, 7) is 0. The topological polar surface area (TPSA) is 107 Å². The van der Waals surface area contributed by atoms with E-state index in [2.05, 4.69) is 9.82 Å². The molecule has 3 aromatic rings. The van der Waals surface area contributed by atoms with E-state index in [9.17, 15) is 13.2 Å². The molecule has 3 rings (SSSR count). The van der Waals surface area contributed by atoms with E-state index in [0.29, 0.717) is 17.5 Å². The van der Waals surface area contributed by atoms with Gasteiger partial charge in [-0.15, -0.1) is 12.4 Å². The molecule has 2 aromatic carbocycles. The number of anilines is 1. The normalized spacial score (nSPS) is 11.1. The fourth-order valence-electron chi connectivity index (χ4n) is 2.55. The molecule has 0 spiro atoms. The second kappa shape index (κ2) is 7.22. The van der Waals surface area contributed by atoms with E-state index in [-0.39, 0.29) is 18.0 Å². The van der Waals surface area contributed by atoms with Crippen molar-refractivity contribution in [1.29, 1.82) is 0 Å². The highest BCUT2D eigenvalue weighted by molar-refractivity contribution is 7.90. The Balaban J connectivity index is 0.00000225. The average molecular weight is 381 g/mol. The number of nitrogens with zero attached hydrogens (tertiary/aromatic N) is 2. The minimum absolute atomic E-state index is 0. The van der Waals surface area contributed by atoms with Crippen LogP contribution in [-0.2, 0) is 23.7 Å². The van der Waals surface area contributed by atoms with Gasteiger partial charge in [0.1, 0.15) is 0 Å². The molecule has 9 heteroatoms. The van der Waals surface area contributed by atoms with Crippen molar-refractivity contribution in [3.63, 3.8) is 0 Å². The molecule has 0 unspecified atom stereocenters. The molecular formula is C16H17ClN4O3S. The molecule has 3 N–H and O–H groups in total. The van der Waals surface area contributed by atoms with Gasteiger partial charge in [0.25, 0.3) is 15.8 Å². The Bertz CT molecular complexity index is 1060. The molecule has 0 aliphatic rings. The lowest BCUT2D eigenvalue weighted by Gasteiger charge is -2.09. The van der Waals surface area contributed by atoms with Crippen LogP contribution in [-0.4, -0.2) is 18.2 Å². The second-order valence-corrected chi connectivity index (χ2v) is 6.74. The number of aryl methyl sites for hydroxylation is 1. The predicted octanol–water partition coefficient (Wildman–Crippen LogP) is 1.56. The Labute approximate surface area is 151 Å². The molecule has 0 saturated heterocycles. The molecule has 0 bridgehead atoms. The smallest absolute Gasteiger partial charge is 0.271 e. The highest BCUT2D eigenvalue weighted by Crippen LogP contribution is 2.18. The van der Waals surface area contributed by atoms with Crippen LogP contribution in [0.5, 0.6) is 0 Å². The SMILES string of the molecule is Cl.Cn1nc(Cc2ccc(NS(N)(=O)=O)cc2)c2ccccc2c1=O. The van der Waals surface area contributed by atoms with Gasteiger partial charge >= 0.3 is 0 Å². The first-order chi connectivity index (χ1) is 11.3. The van der Waals surface area contributed by atoms with Crippen molar-refractivity contribution in [2.24, 2.45) is 12.2 Å². The molecule has 0 fully saturated rings. The van der Waals surface area contributed by atoms with Crippen LogP contribution in [0.15, 0.2) is 53.3 Å². The third kappa shape index (κ3) is 4.36. The van der Waals surface area contributed by atoms with Crippen molar-refractivity contribution in [3.05, 3.63) is 70.1 Å². The molecule has 0 aliphatic heterocycles. The number of fused-ring (bicyclic) bond motifs is 1. The van der Waals surface area contributed by atoms with Gasteiger partial charge in [-0.3, -0.25) is 9.52 Å². The molecule has 7 nitrogen and oxygen atoms in total. The lowest BCUT2D eigenvalue weighted by atomic mass is 10.0. The Morgan fingerprint density at radius 2 is 1.68 bits per heavy atom. The van der Waals surface area contributed by atoms with Crippen LogP contribution in [0.4, 0.5) is 5.69 Å². The van der Waals surface area contributed by atoms with E-state index in [1.807, 2.05) is 18.2 Å². The van der Waals surface area contributed by atoms with E-state index in [1.165, 1.54) is 4.68 Å². The maximum atomic E-state index is 12.1. The Kier molecular flexibility index (Phi) is 5.46. The molecular weight excluding hydrogens is 364 g/mol. The van der Waals surface area contributed by atoms with Gasteiger partial charge in [0.05, 0.1) is 11.1 Å². The summed E-state index contributed by atoms with van der Waals surface area (Å²) in [7, 11) is -2.17. The van der Waals surface area contributed by atoms with Gasteiger partial charge in [0.2, 0.25) is 0 Å². The number of hydrogen-bond donors (Lipinski definition) is 2. The summed E-state index contributed by atoms with van der Waals surface area (Å²) in [5.74, 6) is 0. The number of halogens is 1. The van der Waals surface area contributed by atoms with Gasteiger partial charge in [-0.25, -0.2) is 9.82 Å². The zero-order valence-corrected chi connectivity index (χ0v) is 15.0. The molecule has 0 atom stereocenters. The van der Waals surface area contributed by atoms with Crippen molar-refractivity contribution in [1.82, 2.24) is 9.78 Å². The summed E-state index contributed by atoms with van der Waals surface area (Å²) >= 11 is 0. The van der Waals surface area contributed by atoms with Gasteiger partial charge in [0, 0.05) is 24.5 Å². The van der Waals surface area contributed by atoms with Crippen LogP contribution >= 0.6 is 12.4 Å². The van der Waals surface area contributed by atoms with Crippen molar-refractivity contribution in [3.8, 4) is 0 Å². The highest BCUT2D eigenvalue weighted by atomic mass is 35.5. The first-order valence-corrected chi connectivity index (χ1v) is 8.72. The van der Waals surface area contributed by atoms with Crippen LogP contribution in [0, 0.1) is 0 Å². The van der Waals surface area contributed by atoms with Gasteiger partial charge in [0.15, 0.2) is 0 Å². The van der Waals surface area contributed by atoms with Crippen molar-refractivity contribution in [2.45, 2.75) is 6.42 Å². The van der Waals surface area contributed by atoms with E-state index < -0.39 is 10.2 Å². The number of rotatable bonds is 4. The zero-order valence-electron chi connectivity index (χ0n) is 13.3. The molecule has 0 saturated carbocycles. The lowest BCUT2D eigenvalue weighted by Crippen LogP contribution is -2.22. The minimum Gasteiger partial charge on any atom is -0.271 e. The molecule has 25 heavy (non-hydrogen) atoms. The second-order valence-electron chi connectivity index (χ2n) is 5.44. The Morgan fingerprint density at radius 1 is 1.08 bits per heavy atom. The third-order valence-corrected chi connectivity index (χ3v) is 4.14. The van der Waals surface area contributed by atoms with Crippen molar-refractivity contribution >= 4 is 39.1 Å². The van der Waals surface area contributed by atoms with Crippen LogP contribution in [0.3, 0.4) is 0 Å². The first kappa shape index (κ1) is 18.9. The Morgan fingerprint density at radius 3 is 2.28 bits per heavy atom. The molecule has 0 radical (unpaired) electrons. The quantitative estimate of drug-likeness (QED) is 0.716. The summed E-state index contributed by atoms with van der Waals surface area (Å²) in [6.07, 6.45) is 0.518. The van der Waals surface area contributed by atoms with E-state index >= 15 is 0 Å². The Hall–Kier alpha value is -2.42. The van der Waals surface area contributed by atoms with Crippen LogP contribution in [0.1, 0.15) is 11.3 Å². The summed E-state index contributed by atoms with van der Waals surface area (Å²) in [5.41, 5.74) is 1.97. The fraction of sp³-hybridized carbons (Fsp3) is 0.125. The van der Waals surface area contributed by atoms with E-state index in [4.69, 9.17) is 5.14 Å². The number of hydrogen-bond acceptors (Lipinski definition) is 4. The molecule has 1 heterocycles. The summed E-state index contributed by atoms with van der Waals surface area (Å²) in [5, 5.41) is 10.7. The van der Waals surface area contributed by atoms with Gasteiger partial charge in [-0.1, -0.05) is 30.3 Å². The maximum Gasteiger partial charge on any atom is 0.296 e. The predicted molar refractivity (Wildman–Crippen MR) is 100 cm³/mol. The standard InChI is InChI=1S/C16H16N4O3S.ClH/c1-20-16(21)14-5-3-2-4-13(14)15(18-20)10-11-6-8-12(9-7-11)19-24(17,22)23;/h2-9,19H,10H2,1H3,(H2,17,22,23);1H. The summed E-state index contributed by atoms with van der Waals surface area (Å²) in [4.78, 5) is 12.1. The lowest BCUT2D eigenvalue weighted by molar-refractivity contribution is 0.603. The largest absolute Gasteiger partial charge is 0.296 e. The number of aromatic nitrogens is 2. The minimum atomic E-state index is -3.79. The van der Waals surface area contributed by atoms with E-state index in [1.54, 1.807) is 37.4 Å². The number of benzene rings is 2. The molecule has 132 valence electrons. The van der Waals surface area contributed by atoms with Gasteiger partial charge < -0.3 is 0 Å². The fourth-order valence-corrected chi connectivity index (χ4v) is 3.02. The first-order valence-electron chi connectivity index (χ1n) is 7.18. The van der Waals surface area contributed by atoms with Gasteiger partial charge in [-0.05, 0) is 23.8 Å². The highest BCUT2D eigenvalue weighted by Gasteiger charge is 2.09. The summed E-state index contributed by atoms with van der Waals surface area (Å²) < 4.78 is 25.6. The van der Waals surface area contributed by atoms with Gasteiger partial charge in [-0.2, -0.15) is 13.5 Å². The summed E-state index contributed by atoms with van der Waals surface area (Å²) in [6, 6.07) is 14.2. The average Bonchev–Trinajstić information content (AvgIpc) is 2.53. The van der Waals surface area contributed by atoms with Crippen LogP contribution in [0.2, 0.25) is 0 Å². The van der Waals surface area contributed by atoms with Crippen LogP contribution < -0.4 is 15.4 Å². The van der Waals surface area contributed by atoms with E-state index in [0.717, 1.165) is 16.6 Å². The maximum absolute atomic E-state index is 12.1. The van der Waals surface area contributed by atoms with Crippen molar-refractivity contribution < 1.29 is 8.42 Å².